The zero-order valence-corrected chi connectivity index (χ0v) is 12.0. The Morgan fingerprint density at radius 1 is 1.14 bits per heavy atom. The lowest BCUT2D eigenvalue weighted by Crippen LogP contribution is -2.21. The highest BCUT2D eigenvalue weighted by Crippen LogP contribution is 2.20. The molecule has 22 heavy (non-hydrogen) atoms. The average molecular weight is 300 g/mol. The first kappa shape index (κ1) is 15.4. The normalized spacial score (nSPS) is 9.86. The summed E-state index contributed by atoms with van der Waals surface area (Å²) in [5.41, 5.74) is 6.77. The third kappa shape index (κ3) is 3.99. The number of benzene rings is 2. The van der Waals surface area contributed by atoms with E-state index in [1.165, 1.54) is 25.3 Å². The maximum atomic E-state index is 11.9. The molecule has 0 aliphatic carbocycles. The summed E-state index contributed by atoms with van der Waals surface area (Å²) in [4.78, 5) is 23.4. The van der Waals surface area contributed by atoms with Crippen LogP contribution in [-0.4, -0.2) is 25.6 Å². The van der Waals surface area contributed by atoms with Crippen LogP contribution in [0.5, 0.6) is 5.75 Å². The molecular weight excluding hydrogens is 284 g/mol. The van der Waals surface area contributed by atoms with Gasteiger partial charge in [-0.3, -0.25) is 4.79 Å². The van der Waals surface area contributed by atoms with E-state index in [1.807, 2.05) is 18.2 Å². The van der Waals surface area contributed by atoms with Crippen LogP contribution < -0.4 is 15.8 Å². The Morgan fingerprint density at radius 3 is 2.55 bits per heavy atom. The number of methoxy groups -OCH3 is 1. The fourth-order valence-corrected chi connectivity index (χ4v) is 1.76. The van der Waals surface area contributed by atoms with Crippen molar-refractivity contribution in [2.45, 2.75) is 0 Å². The smallest absolute Gasteiger partial charge is 0.337 e. The molecule has 114 valence electrons. The molecule has 0 atom stereocenters. The molecule has 0 bridgehead atoms. The van der Waals surface area contributed by atoms with E-state index in [4.69, 9.17) is 10.5 Å². The Bertz CT molecular complexity index is 671. The third-order valence-corrected chi connectivity index (χ3v) is 2.86. The fraction of sp³-hybridized carbons (Fsp3) is 0.125. The Morgan fingerprint density at radius 2 is 1.86 bits per heavy atom. The number of ether oxygens (including phenoxy) is 2. The molecule has 6 nitrogen and oxygen atoms in total. The van der Waals surface area contributed by atoms with Crippen LogP contribution in [-0.2, 0) is 9.53 Å². The van der Waals surface area contributed by atoms with Crippen molar-refractivity contribution >= 4 is 23.3 Å². The number of carbonyl (C=O) groups excluding carboxylic acids is 2. The van der Waals surface area contributed by atoms with Gasteiger partial charge in [0.25, 0.3) is 5.91 Å². The number of rotatable bonds is 5. The van der Waals surface area contributed by atoms with Gasteiger partial charge in [0.1, 0.15) is 5.75 Å². The van der Waals surface area contributed by atoms with Crippen LogP contribution in [0.4, 0.5) is 11.4 Å². The highest BCUT2D eigenvalue weighted by atomic mass is 16.5. The maximum absolute atomic E-state index is 11.9. The summed E-state index contributed by atoms with van der Waals surface area (Å²) in [5.74, 6) is -0.289. The SMILES string of the molecule is COC(=O)c1ccc(N)c(NC(=O)COc2ccccc2)c1. The van der Waals surface area contributed by atoms with Gasteiger partial charge in [-0.05, 0) is 30.3 Å². The minimum Gasteiger partial charge on any atom is -0.484 e. The summed E-state index contributed by atoms with van der Waals surface area (Å²) in [6, 6.07) is 13.5. The third-order valence-electron chi connectivity index (χ3n) is 2.86. The average Bonchev–Trinajstić information content (AvgIpc) is 2.55. The molecule has 2 rings (SSSR count). The van der Waals surface area contributed by atoms with Gasteiger partial charge >= 0.3 is 5.97 Å². The predicted octanol–water partition coefficient (Wildman–Crippen LogP) is 2.07. The van der Waals surface area contributed by atoms with E-state index in [-0.39, 0.29) is 12.5 Å². The summed E-state index contributed by atoms with van der Waals surface area (Å²) >= 11 is 0. The molecule has 0 heterocycles. The first-order valence-electron chi connectivity index (χ1n) is 6.55. The Labute approximate surface area is 127 Å². The first-order valence-corrected chi connectivity index (χ1v) is 6.55. The molecule has 0 aliphatic rings. The summed E-state index contributed by atoms with van der Waals surface area (Å²) < 4.78 is 9.96. The number of hydrogen-bond acceptors (Lipinski definition) is 5. The number of nitrogen functional groups attached to an aromatic ring is 1. The zero-order chi connectivity index (χ0) is 15.9. The van der Waals surface area contributed by atoms with Gasteiger partial charge in [0.05, 0.1) is 24.0 Å². The Hall–Kier alpha value is -3.02. The van der Waals surface area contributed by atoms with Gasteiger partial charge in [-0.15, -0.1) is 0 Å². The second-order valence-electron chi connectivity index (χ2n) is 4.44. The molecule has 0 radical (unpaired) electrons. The molecule has 3 N–H and O–H groups in total. The molecule has 2 aromatic rings. The van der Waals surface area contributed by atoms with Crippen LogP contribution in [0.2, 0.25) is 0 Å². The van der Waals surface area contributed by atoms with Crippen molar-refractivity contribution in [1.82, 2.24) is 0 Å². The van der Waals surface area contributed by atoms with Crippen LogP contribution in [0, 0.1) is 0 Å². The number of amides is 1. The molecule has 0 saturated heterocycles. The molecule has 0 aliphatic heterocycles. The lowest BCUT2D eigenvalue weighted by Gasteiger charge is -2.10. The monoisotopic (exact) mass is 300 g/mol. The summed E-state index contributed by atoms with van der Waals surface area (Å²) in [6.07, 6.45) is 0. The molecule has 0 saturated carbocycles. The summed E-state index contributed by atoms with van der Waals surface area (Å²) in [5, 5.41) is 2.60. The van der Waals surface area contributed by atoms with Crippen molar-refractivity contribution in [2.75, 3.05) is 24.8 Å². The van der Waals surface area contributed by atoms with Crippen LogP contribution in [0.1, 0.15) is 10.4 Å². The van der Waals surface area contributed by atoms with E-state index in [1.54, 1.807) is 12.1 Å². The van der Waals surface area contributed by atoms with E-state index in [9.17, 15) is 9.59 Å². The molecular formula is C16H16N2O4. The van der Waals surface area contributed by atoms with Gasteiger partial charge in [0.15, 0.2) is 6.61 Å². The minimum absolute atomic E-state index is 0.161. The van der Waals surface area contributed by atoms with Gasteiger partial charge in [-0.2, -0.15) is 0 Å². The molecule has 0 unspecified atom stereocenters. The fourth-order valence-electron chi connectivity index (χ4n) is 1.76. The number of nitrogens with one attached hydrogen (secondary N) is 1. The minimum atomic E-state index is -0.504. The van der Waals surface area contributed by atoms with E-state index >= 15 is 0 Å². The predicted molar refractivity (Wildman–Crippen MR) is 82.8 cm³/mol. The number of esters is 1. The summed E-state index contributed by atoms with van der Waals surface area (Å²) in [6.45, 7) is -0.161. The van der Waals surface area contributed by atoms with Gasteiger partial charge in [-0.25, -0.2) is 4.79 Å². The Kier molecular flexibility index (Phi) is 4.98. The van der Waals surface area contributed by atoms with E-state index < -0.39 is 5.97 Å². The topological polar surface area (TPSA) is 90.6 Å². The molecule has 0 fully saturated rings. The van der Waals surface area contributed by atoms with E-state index in [2.05, 4.69) is 10.1 Å². The van der Waals surface area contributed by atoms with Gasteiger partial charge in [0.2, 0.25) is 0 Å². The second kappa shape index (κ2) is 7.12. The van der Waals surface area contributed by atoms with Crippen LogP contribution in [0.15, 0.2) is 48.5 Å². The first-order chi connectivity index (χ1) is 10.6. The lowest BCUT2D eigenvalue weighted by molar-refractivity contribution is -0.118. The van der Waals surface area contributed by atoms with Crippen LogP contribution in [0.3, 0.4) is 0 Å². The van der Waals surface area contributed by atoms with Crippen LogP contribution >= 0.6 is 0 Å². The van der Waals surface area contributed by atoms with Crippen molar-refractivity contribution in [3.63, 3.8) is 0 Å². The number of para-hydroxylation sites is 1. The molecule has 0 aromatic heterocycles. The molecule has 6 heteroatoms. The van der Waals surface area contributed by atoms with Gasteiger partial charge < -0.3 is 20.5 Å². The highest BCUT2D eigenvalue weighted by molar-refractivity contribution is 5.98. The van der Waals surface area contributed by atoms with Crippen molar-refractivity contribution in [3.05, 3.63) is 54.1 Å². The Balaban J connectivity index is 2.00. The maximum Gasteiger partial charge on any atom is 0.337 e. The van der Waals surface area contributed by atoms with E-state index in [0.717, 1.165) is 0 Å². The van der Waals surface area contributed by atoms with E-state index in [0.29, 0.717) is 22.7 Å². The molecule has 1 amide bonds. The lowest BCUT2D eigenvalue weighted by atomic mass is 10.1. The number of nitrogens with two attached hydrogens (primary N) is 1. The quantitative estimate of drug-likeness (QED) is 0.651. The number of hydrogen-bond donors (Lipinski definition) is 2. The van der Waals surface area contributed by atoms with Crippen molar-refractivity contribution in [2.24, 2.45) is 0 Å². The molecule has 2 aromatic carbocycles. The van der Waals surface area contributed by atoms with Crippen molar-refractivity contribution in [1.29, 1.82) is 0 Å². The zero-order valence-electron chi connectivity index (χ0n) is 12.0. The summed E-state index contributed by atoms with van der Waals surface area (Å²) in [7, 11) is 1.28. The standard InChI is InChI=1S/C16H16N2O4/c1-21-16(20)11-7-8-13(17)14(9-11)18-15(19)10-22-12-5-3-2-4-6-12/h2-9H,10,17H2,1H3,(H,18,19). The second-order valence-corrected chi connectivity index (χ2v) is 4.44. The highest BCUT2D eigenvalue weighted by Gasteiger charge is 2.11. The number of anilines is 2. The van der Waals surface area contributed by atoms with Crippen molar-refractivity contribution < 1.29 is 19.1 Å². The van der Waals surface area contributed by atoms with Crippen molar-refractivity contribution in [3.8, 4) is 5.75 Å². The largest absolute Gasteiger partial charge is 0.484 e. The number of carbonyl (C=O) groups is 2. The van der Waals surface area contributed by atoms with Gasteiger partial charge in [-0.1, -0.05) is 18.2 Å². The molecule has 0 spiro atoms. The van der Waals surface area contributed by atoms with Gasteiger partial charge in [0, 0.05) is 0 Å². The van der Waals surface area contributed by atoms with Crippen LogP contribution in [0.25, 0.3) is 0 Å².